The lowest BCUT2D eigenvalue weighted by atomic mass is 10.2. The Kier molecular flexibility index (Phi) is 4.64. The van der Waals surface area contributed by atoms with E-state index in [9.17, 15) is 0 Å². The van der Waals surface area contributed by atoms with E-state index >= 15 is 0 Å². The van der Waals surface area contributed by atoms with Gasteiger partial charge >= 0.3 is 0 Å². The first-order chi connectivity index (χ1) is 10.1. The maximum atomic E-state index is 6.01. The maximum Gasteiger partial charge on any atom is 0.122 e. The van der Waals surface area contributed by atoms with Gasteiger partial charge in [-0.2, -0.15) is 0 Å². The van der Waals surface area contributed by atoms with Gasteiger partial charge in [-0.3, -0.25) is 9.80 Å². The molecular weight excluding hydrogens is 304 g/mol. The molecule has 114 valence electrons. The molecule has 1 unspecified atom stereocenters. The standard InChI is InChI=1S/C15H21ClN4S/c1-12-9-19(10-13-3-4-14(16)21-13)7-8-20(12)11-15-17-5-6-18(15)2/h3-6,12H,7-11H2,1-2H3. The summed E-state index contributed by atoms with van der Waals surface area (Å²) in [6, 6.07) is 4.67. The molecule has 1 aliphatic rings. The lowest BCUT2D eigenvalue weighted by Crippen LogP contribution is -2.51. The number of hydrogen-bond donors (Lipinski definition) is 0. The molecule has 2 aromatic heterocycles. The Labute approximate surface area is 135 Å². The molecule has 0 amide bonds. The predicted octanol–water partition coefficient (Wildman–Crippen LogP) is 2.84. The van der Waals surface area contributed by atoms with Crippen molar-refractivity contribution in [2.45, 2.75) is 26.1 Å². The molecule has 1 atom stereocenters. The van der Waals surface area contributed by atoms with E-state index in [-0.39, 0.29) is 0 Å². The summed E-state index contributed by atoms with van der Waals surface area (Å²) in [5.41, 5.74) is 0. The topological polar surface area (TPSA) is 24.3 Å². The average molecular weight is 325 g/mol. The molecule has 21 heavy (non-hydrogen) atoms. The van der Waals surface area contributed by atoms with Crippen LogP contribution in [0.3, 0.4) is 0 Å². The van der Waals surface area contributed by atoms with Crippen LogP contribution in [0.1, 0.15) is 17.6 Å². The van der Waals surface area contributed by atoms with Crippen LogP contribution in [0.5, 0.6) is 0 Å². The van der Waals surface area contributed by atoms with Crippen LogP contribution < -0.4 is 0 Å². The van der Waals surface area contributed by atoms with Gasteiger partial charge in [0.2, 0.25) is 0 Å². The van der Waals surface area contributed by atoms with Gasteiger partial charge in [0, 0.05) is 56.5 Å². The Bertz CT molecular complexity index is 594. The Morgan fingerprint density at radius 2 is 2.19 bits per heavy atom. The number of rotatable bonds is 4. The van der Waals surface area contributed by atoms with Crippen molar-refractivity contribution in [3.63, 3.8) is 0 Å². The highest BCUT2D eigenvalue weighted by atomic mass is 35.5. The molecule has 2 aromatic rings. The molecule has 3 heterocycles. The molecule has 1 fully saturated rings. The second-order valence-electron chi connectivity index (χ2n) is 5.71. The minimum Gasteiger partial charge on any atom is -0.337 e. The van der Waals surface area contributed by atoms with Crippen molar-refractivity contribution in [2.75, 3.05) is 19.6 Å². The second kappa shape index (κ2) is 6.48. The SMILES string of the molecule is CC1CN(Cc2ccc(Cl)s2)CCN1Cc1nccn1C. The molecule has 1 saturated heterocycles. The molecular formula is C15H21ClN4S. The van der Waals surface area contributed by atoms with Crippen molar-refractivity contribution in [1.82, 2.24) is 19.4 Å². The lowest BCUT2D eigenvalue weighted by Gasteiger charge is -2.39. The number of aryl methyl sites for hydroxylation is 1. The quantitative estimate of drug-likeness (QED) is 0.864. The first kappa shape index (κ1) is 15.0. The van der Waals surface area contributed by atoms with Gasteiger partial charge < -0.3 is 4.57 Å². The summed E-state index contributed by atoms with van der Waals surface area (Å²) in [6.45, 7) is 7.54. The Morgan fingerprint density at radius 1 is 1.33 bits per heavy atom. The van der Waals surface area contributed by atoms with Crippen molar-refractivity contribution in [3.8, 4) is 0 Å². The van der Waals surface area contributed by atoms with Gasteiger partial charge in [0.15, 0.2) is 0 Å². The largest absolute Gasteiger partial charge is 0.337 e. The highest BCUT2D eigenvalue weighted by Crippen LogP contribution is 2.24. The van der Waals surface area contributed by atoms with Crippen LogP contribution in [0.15, 0.2) is 24.5 Å². The van der Waals surface area contributed by atoms with Crippen LogP contribution in [-0.2, 0) is 20.1 Å². The molecule has 1 aliphatic heterocycles. The monoisotopic (exact) mass is 324 g/mol. The molecule has 6 heteroatoms. The summed E-state index contributed by atoms with van der Waals surface area (Å²) >= 11 is 7.69. The van der Waals surface area contributed by atoms with Crippen LogP contribution in [0.25, 0.3) is 0 Å². The van der Waals surface area contributed by atoms with Gasteiger partial charge in [0.05, 0.1) is 10.9 Å². The summed E-state index contributed by atoms with van der Waals surface area (Å²) in [6.07, 6.45) is 3.88. The van der Waals surface area contributed by atoms with Gasteiger partial charge in [-0.15, -0.1) is 11.3 Å². The molecule has 4 nitrogen and oxygen atoms in total. The number of imidazole rings is 1. The summed E-state index contributed by atoms with van der Waals surface area (Å²) in [4.78, 5) is 10.8. The lowest BCUT2D eigenvalue weighted by molar-refractivity contribution is 0.0713. The third-order valence-electron chi connectivity index (χ3n) is 4.12. The summed E-state index contributed by atoms with van der Waals surface area (Å²) in [5, 5.41) is 0. The van der Waals surface area contributed by atoms with E-state index in [0.717, 1.165) is 42.9 Å². The smallest absolute Gasteiger partial charge is 0.122 e. The van der Waals surface area contributed by atoms with Crippen LogP contribution in [0, 0.1) is 0 Å². The van der Waals surface area contributed by atoms with Gasteiger partial charge in [0.1, 0.15) is 5.82 Å². The van der Waals surface area contributed by atoms with Gasteiger partial charge in [-0.1, -0.05) is 11.6 Å². The van der Waals surface area contributed by atoms with Crippen molar-refractivity contribution in [1.29, 1.82) is 0 Å². The van der Waals surface area contributed by atoms with E-state index in [2.05, 4.69) is 39.4 Å². The average Bonchev–Trinajstić information content (AvgIpc) is 3.02. The molecule has 3 rings (SSSR count). The second-order valence-corrected chi connectivity index (χ2v) is 7.51. The number of thiophene rings is 1. The zero-order valence-electron chi connectivity index (χ0n) is 12.5. The van der Waals surface area contributed by atoms with Crippen molar-refractivity contribution >= 4 is 22.9 Å². The van der Waals surface area contributed by atoms with E-state index in [0.29, 0.717) is 6.04 Å². The van der Waals surface area contributed by atoms with Crippen LogP contribution in [0.2, 0.25) is 4.34 Å². The molecule has 0 radical (unpaired) electrons. The predicted molar refractivity (Wildman–Crippen MR) is 87.7 cm³/mol. The Hall–Kier alpha value is -0.880. The Morgan fingerprint density at radius 3 is 2.81 bits per heavy atom. The fourth-order valence-electron chi connectivity index (χ4n) is 2.84. The molecule has 0 aromatic carbocycles. The first-order valence-corrected chi connectivity index (χ1v) is 8.48. The van der Waals surface area contributed by atoms with E-state index < -0.39 is 0 Å². The zero-order chi connectivity index (χ0) is 14.8. The molecule has 0 saturated carbocycles. The van der Waals surface area contributed by atoms with Crippen molar-refractivity contribution in [3.05, 3.63) is 39.6 Å². The van der Waals surface area contributed by atoms with E-state index in [4.69, 9.17) is 11.6 Å². The van der Waals surface area contributed by atoms with Gasteiger partial charge in [0.25, 0.3) is 0 Å². The zero-order valence-corrected chi connectivity index (χ0v) is 14.1. The number of piperazine rings is 1. The first-order valence-electron chi connectivity index (χ1n) is 7.28. The number of nitrogens with zero attached hydrogens (tertiary/aromatic N) is 4. The summed E-state index contributed by atoms with van der Waals surface area (Å²) in [5.74, 6) is 1.14. The molecule has 0 spiro atoms. The molecule has 0 N–H and O–H groups in total. The minimum absolute atomic E-state index is 0.547. The third kappa shape index (κ3) is 3.66. The number of aromatic nitrogens is 2. The highest BCUT2D eigenvalue weighted by Gasteiger charge is 2.24. The summed E-state index contributed by atoms with van der Waals surface area (Å²) in [7, 11) is 2.06. The Balaban J connectivity index is 1.55. The van der Waals surface area contributed by atoms with Crippen LogP contribution >= 0.6 is 22.9 Å². The molecule has 0 aliphatic carbocycles. The normalized spacial score (nSPS) is 21.0. The van der Waals surface area contributed by atoms with E-state index in [1.54, 1.807) is 11.3 Å². The van der Waals surface area contributed by atoms with Crippen molar-refractivity contribution < 1.29 is 0 Å². The van der Waals surface area contributed by atoms with E-state index in [1.165, 1.54) is 4.88 Å². The summed E-state index contributed by atoms with van der Waals surface area (Å²) < 4.78 is 2.98. The van der Waals surface area contributed by atoms with Gasteiger partial charge in [-0.05, 0) is 19.1 Å². The van der Waals surface area contributed by atoms with Crippen LogP contribution in [0.4, 0.5) is 0 Å². The fraction of sp³-hybridized carbons (Fsp3) is 0.533. The van der Waals surface area contributed by atoms with E-state index in [1.807, 2.05) is 18.5 Å². The number of hydrogen-bond acceptors (Lipinski definition) is 4. The number of halogens is 1. The minimum atomic E-state index is 0.547. The van der Waals surface area contributed by atoms with Gasteiger partial charge in [-0.25, -0.2) is 4.98 Å². The molecule has 0 bridgehead atoms. The maximum absolute atomic E-state index is 6.01. The van der Waals surface area contributed by atoms with Crippen molar-refractivity contribution in [2.24, 2.45) is 7.05 Å². The highest BCUT2D eigenvalue weighted by molar-refractivity contribution is 7.16. The third-order valence-corrected chi connectivity index (χ3v) is 5.34. The van der Waals surface area contributed by atoms with Crippen LogP contribution in [-0.4, -0.2) is 45.0 Å². The fourth-order valence-corrected chi connectivity index (χ4v) is 3.97.